The van der Waals surface area contributed by atoms with Crippen LogP contribution in [-0.2, 0) is 22.7 Å². The first-order chi connectivity index (χ1) is 12.6. The molecule has 0 bridgehead atoms. The topological polar surface area (TPSA) is 71.0 Å². The highest BCUT2D eigenvalue weighted by molar-refractivity contribution is 6.39. The van der Waals surface area contributed by atoms with E-state index in [1.165, 1.54) is 5.01 Å². The molecule has 0 saturated carbocycles. The van der Waals surface area contributed by atoms with Crippen molar-refractivity contribution in [2.24, 2.45) is 5.10 Å². The highest BCUT2D eigenvalue weighted by Crippen LogP contribution is 2.15. The molecule has 1 N–H and O–H groups in total. The Labute approximate surface area is 152 Å². The summed E-state index contributed by atoms with van der Waals surface area (Å²) in [5.41, 5.74) is 2.41. The lowest BCUT2D eigenvalue weighted by molar-refractivity contribution is -0.130. The second-order valence-corrected chi connectivity index (χ2v) is 6.07. The minimum atomic E-state index is -0.250. The number of carbonyl (C=O) groups excluding carboxylic acids is 2. The van der Waals surface area contributed by atoms with Crippen molar-refractivity contribution in [2.45, 2.75) is 26.0 Å². The predicted octanol–water partition coefficient (Wildman–Crippen LogP) is 2.49. The Hall–Kier alpha value is -3.15. The summed E-state index contributed by atoms with van der Waals surface area (Å²) in [6.07, 6.45) is 0.681. The molecule has 0 fully saturated rings. The third kappa shape index (κ3) is 4.69. The zero-order valence-electron chi connectivity index (χ0n) is 14.6. The molecule has 6 heteroatoms. The molecule has 0 aliphatic carbocycles. The van der Waals surface area contributed by atoms with E-state index in [4.69, 9.17) is 4.74 Å². The molecule has 2 aromatic carbocycles. The first-order valence-electron chi connectivity index (χ1n) is 8.50. The Bertz CT molecular complexity index is 818. The predicted molar refractivity (Wildman–Crippen MR) is 98.5 cm³/mol. The van der Waals surface area contributed by atoms with E-state index in [0.29, 0.717) is 31.7 Å². The highest BCUT2D eigenvalue weighted by atomic mass is 16.5. The number of carbonyl (C=O) groups is 2. The van der Waals surface area contributed by atoms with Crippen LogP contribution in [0.5, 0.6) is 5.75 Å². The number of nitrogens with zero attached hydrogens (tertiary/aromatic N) is 2. The van der Waals surface area contributed by atoms with E-state index in [0.717, 1.165) is 16.9 Å². The van der Waals surface area contributed by atoms with Crippen molar-refractivity contribution >= 4 is 17.5 Å². The second-order valence-electron chi connectivity index (χ2n) is 6.07. The molecule has 26 heavy (non-hydrogen) atoms. The van der Waals surface area contributed by atoms with Crippen LogP contribution >= 0.6 is 0 Å². The zero-order valence-corrected chi connectivity index (χ0v) is 14.6. The van der Waals surface area contributed by atoms with Gasteiger partial charge in [-0.1, -0.05) is 42.5 Å². The minimum Gasteiger partial charge on any atom is -0.489 e. The minimum absolute atomic E-state index is 0.0789. The van der Waals surface area contributed by atoms with Gasteiger partial charge in [-0.05, 0) is 23.3 Å². The zero-order chi connectivity index (χ0) is 18.4. The summed E-state index contributed by atoms with van der Waals surface area (Å²) < 4.78 is 5.80. The van der Waals surface area contributed by atoms with Crippen molar-refractivity contribution in [2.75, 3.05) is 7.05 Å². The van der Waals surface area contributed by atoms with Crippen molar-refractivity contribution < 1.29 is 14.3 Å². The van der Waals surface area contributed by atoms with Gasteiger partial charge in [0.1, 0.15) is 18.1 Å². The summed E-state index contributed by atoms with van der Waals surface area (Å²) in [6.45, 7) is 0.867. The van der Waals surface area contributed by atoms with E-state index >= 15 is 0 Å². The number of amides is 2. The Morgan fingerprint density at radius 1 is 1.12 bits per heavy atom. The van der Waals surface area contributed by atoms with Gasteiger partial charge in [0.25, 0.3) is 5.91 Å². The van der Waals surface area contributed by atoms with E-state index in [2.05, 4.69) is 10.4 Å². The molecular weight excluding hydrogens is 330 g/mol. The van der Waals surface area contributed by atoms with E-state index in [1.54, 1.807) is 7.05 Å². The lowest BCUT2D eigenvalue weighted by atomic mass is 10.1. The van der Waals surface area contributed by atoms with Crippen LogP contribution in [0.3, 0.4) is 0 Å². The van der Waals surface area contributed by atoms with Gasteiger partial charge in [-0.15, -0.1) is 0 Å². The fourth-order valence-electron chi connectivity index (χ4n) is 2.60. The Morgan fingerprint density at radius 3 is 2.65 bits per heavy atom. The van der Waals surface area contributed by atoms with Crippen molar-refractivity contribution in [3.63, 3.8) is 0 Å². The van der Waals surface area contributed by atoms with Gasteiger partial charge in [-0.2, -0.15) is 5.10 Å². The first-order valence-corrected chi connectivity index (χ1v) is 8.50. The van der Waals surface area contributed by atoms with E-state index in [1.807, 2.05) is 54.6 Å². The monoisotopic (exact) mass is 351 g/mol. The fraction of sp³-hybridized carbons (Fsp3) is 0.250. The Morgan fingerprint density at radius 2 is 1.88 bits per heavy atom. The van der Waals surface area contributed by atoms with Crippen molar-refractivity contribution in [1.82, 2.24) is 10.3 Å². The van der Waals surface area contributed by atoms with Gasteiger partial charge in [-0.3, -0.25) is 9.59 Å². The van der Waals surface area contributed by atoms with Crippen molar-refractivity contribution in [3.05, 3.63) is 65.7 Å². The molecule has 2 aromatic rings. The number of rotatable bonds is 6. The molecule has 3 rings (SSSR count). The molecule has 0 spiro atoms. The molecule has 134 valence electrons. The summed E-state index contributed by atoms with van der Waals surface area (Å²) in [6, 6.07) is 17.6. The first kappa shape index (κ1) is 17.7. The smallest absolute Gasteiger partial charge is 0.267 e. The van der Waals surface area contributed by atoms with Gasteiger partial charge in [0, 0.05) is 26.4 Å². The van der Waals surface area contributed by atoms with Gasteiger partial charge < -0.3 is 10.1 Å². The van der Waals surface area contributed by atoms with Gasteiger partial charge >= 0.3 is 0 Å². The van der Waals surface area contributed by atoms with Crippen LogP contribution in [-0.4, -0.2) is 29.6 Å². The second kappa shape index (κ2) is 8.29. The largest absolute Gasteiger partial charge is 0.489 e. The lowest BCUT2D eigenvalue weighted by Crippen LogP contribution is -2.37. The average molecular weight is 351 g/mol. The van der Waals surface area contributed by atoms with E-state index < -0.39 is 0 Å². The highest BCUT2D eigenvalue weighted by Gasteiger charge is 2.21. The molecule has 6 nitrogen and oxygen atoms in total. The third-order valence-corrected chi connectivity index (χ3v) is 4.07. The van der Waals surface area contributed by atoms with Crippen LogP contribution in [0.2, 0.25) is 0 Å². The molecule has 1 aliphatic heterocycles. The van der Waals surface area contributed by atoms with Crippen LogP contribution in [0.4, 0.5) is 0 Å². The molecule has 0 unspecified atom stereocenters. The summed E-state index contributed by atoms with van der Waals surface area (Å²) in [5.74, 6) is 0.422. The number of benzene rings is 2. The Balaban J connectivity index is 1.54. The third-order valence-electron chi connectivity index (χ3n) is 4.07. The number of hydrazone groups is 1. The van der Waals surface area contributed by atoms with Crippen LogP contribution in [0.25, 0.3) is 0 Å². The maximum atomic E-state index is 12.2. The Kier molecular flexibility index (Phi) is 5.63. The molecule has 0 saturated heterocycles. The molecule has 0 aromatic heterocycles. The molecule has 1 heterocycles. The number of hydrogen-bond donors (Lipinski definition) is 1. The molecule has 2 amide bonds. The van der Waals surface area contributed by atoms with Gasteiger partial charge in [0.2, 0.25) is 5.91 Å². The van der Waals surface area contributed by atoms with Gasteiger partial charge in [0.05, 0.1) is 0 Å². The number of ether oxygens (including phenoxy) is 1. The normalized spacial score (nSPS) is 14.0. The van der Waals surface area contributed by atoms with Gasteiger partial charge in [0.15, 0.2) is 0 Å². The quantitative estimate of drug-likeness (QED) is 0.869. The molecule has 1 aliphatic rings. The van der Waals surface area contributed by atoms with Crippen LogP contribution < -0.4 is 10.1 Å². The summed E-state index contributed by atoms with van der Waals surface area (Å²) in [5, 5.41) is 8.08. The molecule has 0 radical (unpaired) electrons. The van der Waals surface area contributed by atoms with Crippen LogP contribution in [0.15, 0.2) is 59.7 Å². The maximum absolute atomic E-state index is 12.2. The maximum Gasteiger partial charge on any atom is 0.267 e. The lowest BCUT2D eigenvalue weighted by Gasteiger charge is -2.19. The summed E-state index contributed by atoms with van der Waals surface area (Å²) in [7, 11) is 1.56. The summed E-state index contributed by atoms with van der Waals surface area (Å²) >= 11 is 0. The van der Waals surface area contributed by atoms with Crippen molar-refractivity contribution in [1.29, 1.82) is 0 Å². The number of nitrogens with one attached hydrogen (secondary N) is 1. The number of hydrogen-bond acceptors (Lipinski definition) is 4. The van der Waals surface area contributed by atoms with Crippen molar-refractivity contribution in [3.8, 4) is 5.75 Å². The average Bonchev–Trinajstić information content (AvgIpc) is 2.68. The van der Waals surface area contributed by atoms with Crippen LogP contribution in [0, 0.1) is 0 Å². The molecule has 0 atom stereocenters. The standard InChI is InChI=1S/C20H21N3O3/c1-23-19(24)11-10-18(22-23)20(25)21-13-16-8-5-9-17(12-16)26-14-15-6-3-2-4-7-15/h2-9,12H,10-11,13-14H2,1H3,(H,21,25). The van der Waals surface area contributed by atoms with E-state index in [9.17, 15) is 9.59 Å². The fourth-order valence-corrected chi connectivity index (χ4v) is 2.60. The van der Waals surface area contributed by atoms with Gasteiger partial charge in [-0.25, -0.2) is 5.01 Å². The SMILES string of the molecule is CN1N=C(C(=O)NCc2cccc(OCc3ccccc3)c2)CCC1=O. The van der Waals surface area contributed by atoms with E-state index in [-0.39, 0.29) is 11.8 Å². The molecular formula is C20H21N3O3. The van der Waals surface area contributed by atoms with Crippen LogP contribution in [0.1, 0.15) is 24.0 Å². The summed E-state index contributed by atoms with van der Waals surface area (Å²) in [4.78, 5) is 23.6.